The van der Waals surface area contributed by atoms with Gasteiger partial charge in [0, 0.05) is 25.6 Å². The Morgan fingerprint density at radius 1 is 1.06 bits per heavy atom. The second-order valence-corrected chi connectivity index (χ2v) is 10.2. The largest absolute Gasteiger partial charge is 0.467 e. The number of nitrogens with zero attached hydrogens (tertiary/aromatic N) is 2. The summed E-state index contributed by atoms with van der Waals surface area (Å²) in [5.74, 6) is -1.46. The minimum atomic E-state index is -3.83. The summed E-state index contributed by atoms with van der Waals surface area (Å²) in [5.41, 5.74) is 0. The van der Waals surface area contributed by atoms with Gasteiger partial charge in [-0.15, -0.1) is 0 Å². The Hall–Kier alpha value is -2.46. The topological polar surface area (TPSA) is 113 Å². The first kappa shape index (κ1) is 24.2. The van der Waals surface area contributed by atoms with E-state index in [1.54, 1.807) is 18.2 Å². The Kier molecular flexibility index (Phi) is 7.89. The molecule has 1 aromatic rings. The lowest BCUT2D eigenvalue weighted by Crippen LogP contribution is -2.63. The number of piperazine rings is 1. The fraction of sp³-hybridized carbons (Fsp3) is 0.591. The maximum atomic E-state index is 13.3. The number of methoxy groups -OCH3 is 1. The van der Waals surface area contributed by atoms with Crippen molar-refractivity contribution in [1.29, 1.82) is 0 Å². The normalized spacial score (nSPS) is 21.6. The highest BCUT2D eigenvalue weighted by Gasteiger charge is 2.42. The fourth-order valence-corrected chi connectivity index (χ4v) is 5.79. The van der Waals surface area contributed by atoms with E-state index in [9.17, 15) is 22.8 Å². The van der Waals surface area contributed by atoms with Crippen LogP contribution in [0, 0.1) is 5.92 Å². The highest BCUT2D eigenvalue weighted by atomic mass is 32.2. The smallest absolute Gasteiger partial charge is 0.328 e. The van der Waals surface area contributed by atoms with Crippen molar-refractivity contribution in [3.63, 3.8) is 0 Å². The zero-order valence-electron chi connectivity index (χ0n) is 18.5. The second-order valence-electron chi connectivity index (χ2n) is 8.31. The fourth-order valence-electron chi connectivity index (χ4n) is 4.34. The van der Waals surface area contributed by atoms with Gasteiger partial charge in [0.1, 0.15) is 12.1 Å². The van der Waals surface area contributed by atoms with Gasteiger partial charge in [0.15, 0.2) is 0 Å². The molecule has 0 unspecified atom stereocenters. The number of hydrogen-bond donors (Lipinski definition) is 1. The average Bonchev–Trinajstić information content (AvgIpc) is 2.83. The van der Waals surface area contributed by atoms with Crippen LogP contribution < -0.4 is 5.32 Å². The van der Waals surface area contributed by atoms with Crippen LogP contribution in [0.1, 0.15) is 39.0 Å². The van der Waals surface area contributed by atoms with Gasteiger partial charge in [-0.25, -0.2) is 13.2 Å². The number of carbonyl (C=O) groups is 3. The van der Waals surface area contributed by atoms with E-state index in [1.165, 1.54) is 35.4 Å². The molecule has 32 heavy (non-hydrogen) atoms. The van der Waals surface area contributed by atoms with E-state index in [0.717, 1.165) is 32.1 Å². The van der Waals surface area contributed by atoms with E-state index in [4.69, 9.17) is 0 Å². The molecule has 2 aliphatic rings. The van der Waals surface area contributed by atoms with Crippen molar-refractivity contribution in [2.24, 2.45) is 5.92 Å². The maximum absolute atomic E-state index is 13.3. The summed E-state index contributed by atoms with van der Waals surface area (Å²) >= 11 is 0. The van der Waals surface area contributed by atoms with Crippen molar-refractivity contribution in [3.8, 4) is 0 Å². The number of ether oxygens (including phenoxy) is 1. The molecule has 2 atom stereocenters. The Morgan fingerprint density at radius 2 is 1.72 bits per heavy atom. The van der Waals surface area contributed by atoms with Crippen molar-refractivity contribution in [2.75, 3.05) is 26.7 Å². The number of rotatable bonds is 6. The van der Waals surface area contributed by atoms with Gasteiger partial charge < -0.3 is 15.0 Å². The van der Waals surface area contributed by atoms with Crippen molar-refractivity contribution >= 4 is 27.8 Å². The van der Waals surface area contributed by atoms with Crippen LogP contribution in [-0.2, 0) is 29.1 Å². The molecule has 1 saturated carbocycles. The third kappa shape index (κ3) is 5.29. The summed E-state index contributed by atoms with van der Waals surface area (Å²) in [6, 6.07) is 6.07. The minimum absolute atomic E-state index is 0.103. The van der Waals surface area contributed by atoms with E-state index >= 15 is 0 Å². The van der Waals surface area contributed by atoms with Crippen LogP contribution in [0.5, 0.6) is 0 Å². The number of amides is 2. The highest BCUT2D eigenvalue weighted by molar-refractivity contribution is 7.89. The maximum Gasteiger partial charge on any atom is 0.328 e. The molecule has 1 aromatic carbocycles. The molecule has 0 spiro atoms. The number of benzene rings is 1. The van der Waals surface area contributed by atoms with E-state index in [2.05, 4.69) is 10.1 Å². The van der Waals surface area contributed by atoms with Gasteiger partial charge in [-0.1, -0.05) is 37.5 Å². The van der Waals surface area contributed by atoms with Gasteiger partial charge in [-0.2, -0.15) is 4.31 Å². The molecule has 0 aromatic heterocycles. The molecule has 2 fully saturated rings. The number of sulfonamides is 1. The lowest BCUT2D eigenvalue weighted by Gasteiger charge is -2.41. The Balaban J connectivity index is 1.84. The first-order valence-electron chi connectivity index (χ1n) is 11.0. The minimum Gasteiger partial charge on any atom is -0.467 e. The van der Waals surface area contributed by atoms with Crippen molar-refractivity contribution in [1.82, 2.24) is 14.5 Å². The SMILES string of the molecule is COC(=O)[C@@H](C)NC(=O)[C@H]1CN(S(=O)(=O)c2ccccc2)CCN1C(=O)C1CCCCC1. The van der Waals surface area contributed by atoms with Crippen molar-refractivity contribution in [2.45, 2.75) is 56.0 Å². The lowest BCUT2D eigenvalue weighted by molar-refractivity contribution is -0.149. The van der Waals surface area contributed by atoms with Crippen LogP contribution in [0.4, 0.5) is 0 Å². The predicted molar refractivity (Wildman–Crippen MR) is 117 cm³/mol. The molecule has 1 saturated heterocycles. The first-order chi connectivity index (χ1) is 15.3. The number of esters is 1. The summed E-state index contributed by atoms with van der Waals surface area (Å²) in [6.07, 6.45) is 4.57. The zero-order valence-corrected chi connectivity index (χ0v) is 19.3. The molecule has 176 valence electrons. The highest BCUT2D eigenvalue weighted by Crippen LogP contribution is 2.28. The van der Waals surface area contributed by atoms with E-state index < -0.39 is 34.0 Å². The molecule has 0 radical (unpaired) electrons. The first-order valence-corrected chi connectivity index (χ1v) is 12.4. The molecule has 9 nitrogen and oxygen atoms in total. The van der Waals surface area contributed by atoms with E-state index in [0.29, 0.717) is 0 Å². The van der Waals surface area contributed by atoms with Gasteiger partial charge in [0.2, 0.25) is 21.8 Å². The molecule has 3 rings (SSSR count). The standard InChI is InChI=1S/C22H31N3O6S/c1-16(22(28)31-2)23-20(26)19-15-24(32(29,30)18-11-7-4-8-12-18)13-14-25(19)21(27)17-9-5-3-6-10-17/h4,7-8,11-12,16-17,19H,3,5-6,9-10,13-15H2,1-2H3,(H,23,26)/t16-,19-/m1/s1. The van der Waals surface area contributed by atoms with Crippen LogP contribution in [0.3, 0.4) is 0 Å². The van der Waals surface area contributed by atoms with Gasteiger partial charge in [-0.3, -0.25) is 9.59 Å². The van der Waals surface area contributed by atoms with E-state index in [-0.39, 0.29) is 36.4 Å². The number of nitrogens with one attached hydrogen (secondary N) is 1. The lowest BCUT2D eigenvalue weighted by atomic mass is 9.87. The average molecular weight is 466 g/mol. The van der Waals surface area contributed by atoms with Crippen LogP contribution in [-0.4, -0.2) is 74.2 Å². The summed E-state index contributed by atoms with van der Waals surface area (Å²) in [5, 5.41) is 2.57. The van der Waals surface area contributed by atoms with E-state index in [1.807, 2.05) is 0 Å². The monoisotopic (exact) mass is 465 g/mol. The Bertz CT molecular complexity index is 930. The van der Waals surface area contributed by atoms with Crippen LogP contribution in [0.25, 0.3) is 0 Å². The molecule has 1 aliphatic heterocycles. The molecule has 10 heteroatoms. The zero-order chi connectivity index (χ0) is 23.3. The predicted octanol–water partition coefficient (Wildman–Crippen LogP) is 1.15. The Labute approximate surface area is 189 Å². The third-order valence-electron chi connectivity index (χ3n) is 6.18. The van der Waals surface area contributed by atoms with Crippen molar-refractivity contribution < 1.29 is 27.5 Å². The molecule has 1 heterocycles. The van der Waals surface area contributed by atoms with Gasteiger partial charge in [-0.05, 0) is 31.9 Å². The number of hydrogen-bond acceptors (Lipinski definition) is 6. The molecular formula is C22H31N3O6S. The van der Waals surface area contributed by atoms with Crippen LogP contribution >= 0.6 is 0 Å². The van der Waals surface area contributed by atoms with Crippen molar-refractivity contribution in [3.05, 3.63) is 30.3 Å². The summed E-state index contributed by atoms with van der Waals surface area (Å²) in [4.78, 5) is 39.8. The second kappa shape index (κ2) is 10.4. The molecule has 1 aliphatic carbocycles. The van der Waals surface area contributed by atoms with Gasteiger partial charge in [0.25, 0.3) is 0 Å². The summed E-state index contributed by atoms with van der Waals surface area (Å²) in [7, 11) is -2.61. The van der Waals surface area contributed by atoms with Gasteiger partial charge >= 0.3 is 5.97 Å². The Morgan fingerprint density at radius 3 is 2.34 bits per heavy atom. The quantitative estimate of drug-likeness (QED) is 0.631. The third-order valence-corrected chi connectivity index (χ3v) is 8.06. The number of carbonyl (C=O) groups excluding carboxylic acids is 3. The molecule has 0 bridgehead atoms. The van der Waals surface area contributed by atoms with Crippen LogP contribution in [0.15, 0.2) is 35.2 Å². The van der Waals surface area contributed by atoms with Gasteiger partial charge in [0.05, 0.1) is 12.0 Å². The summed E-state index contributed by atoms with van der Waals surface area (Å²) in [6.45, 7) is 1.53. The molecule has 2 amide bonds. The molecule has 1 N–H and O–H groups in total. The summed E-state index contributed by atoms with van der Waals surface area (Å²) < 4.78 is 32.2. The molecular weight excluding hydrogens is 434 g/mol. The van der Waals surface area contributed by atoms with Crippen LogP contribution in [0.2, 0.25) is 0 Å².